The van der Waals surface area contributed by atoms with Gasteiger partial charge < -0.3 is 19.7 Å². The van der Waals surface area contributed by atoms with Crippen molar-refractivity contribution >= 4 is 23.2 Å². The maximum atomic E-state index is 12.3. The Bertz CT molecular complexity index is 749. The summed E-state index contributed by atoms with van der Waals surface area (Å²) < 4.78 is 10.9. The Morgan fingerprint density at radius 3 is 2.80 bits per heavy atom. The molecule has 0 saturated heterocycles. The van der Waals surface area contributed by atoms with Gasteiger partial charge in [0.1, 0.15) is 18.1 Å². The summed E-state index contributed by atoms with van der Waals surface area (Å²) in [5.41, 5.74) is 1.94. The molecule has 2 aromatic rings. The number of carbonyl (C=O) groups is 1. The molecule has 6 heteroatoms. The van der Waals surface area contributed by atoms with Crippen LogP contribution < -0.4 is 19.7 Å². The first-order chi connectivity index (χ1) is 12.1. The van der Waals surface area contributed by atoms with E-state index in [2.05, 4.69) is 10.2 Å². The number of fused-ring (bicyclic) bond motifs is 1. The SMILES string of the molecule is COc1ccc(CNC(=O)CC2COc3ccc(Cl)cc3N2C)cc1. The number of nitrogens with zero attached hydrogens (tertiary/aromatic N) is 1. The summed E-state index contributed by atoms with van der Waals surface area (Å²) in [6, 6.07) is 13.1. The van der Waals surface area contributed by atoms with Gasteiger partial charge >= 0.3 is 0 Å². The quantitative estimate of drug-likeness (QED) is 0.889. The second-order valence-corrected chi connectivity index (χ2v) is 6.45. The Morgan fingerprint density at radius 2 is 2.08 bits per heavy atom. The molecule has 0 radical (unpaired) electrons. The molecule has 3 rings (SSSR count). The molecule has 1 aliphatic rings. The minimum atomic E-state index is -0.0261. The van der Waals surface area contributed by atoms with Crippen molar-refractivity contribution in [2.45, 2.75) is 19.0 Å². The van der Waals surface area contributed by atoms with E-state index in [-0.39, 0.29) is 11.9 Å². The van der Waals surface area contributed by atoms with Gasteiger partial charge in [-0.05, 0) is 35.9 Å². The lowest BCUT2D eigenvalue weighted by Gasteiger charge is -2.35. The van der Waals surface area contributed by atoms with E-state index in [1.54, 1.807) is 13.2 Å². The first-order valence-electron chi connectivity index (χ1n) is 8.11. The zero-order chi connectivity index (χ0) is 17.8. The first-order valence-corrected chi connectivity index (χ1v) is 8.49. The second-order valence-electron chi connectivity index (χ2n) is 6.02. The molecular formula is C19H21ClN2O3. The van der Waals surface area contributed by atoms with Crippen LogP contribution in [0.15, 0.2) is 42.5 Å². The van der Waals surface area contributed by atoms with E-state index in [1.807, 2.05) is 43.4 Å². The first kappa shape index (κ1) is 17.4. The number of anilines is 1. The summed E-state index contributed by atoms with van der Waals surface area (Å²) in [5.74, 6) is 1.58. The molecule has 0 aromatic heterocycles. The van der Waals surface area contributed by atoms with Gasteiger partial charge in [0.05, 0.1) is 25.3 Å². The molecule has 132 valence electrons. The van der Waals surface area contributed by atoms with E-state index in [0.29, 0.717) is 24.6 Å². The third kappa shape index (κ3) is 4.17. The highest BCUT2D eigenvalue weighted by Crippen LogP contribution is 2.35. The van der Waals surface area contributed by atoms with E-state index >= 15 is 0 Å². The number of rotatable bonds is 5. The lowest BCUT2D eigenvalue weighted by Crippen LogP contribution is -2.43. The molecule has 1 aliphatic heterocycles. The van der Waals surface area contributed by atoms with Crippen LogP contribution in [0.2, 0.25) is 5.02 Å². The van der Waals surface area contributed by atoms with Crippen LogP contribution in [0.1, 0.15) is 12.0 Å². The number of hydrogen-bond acceptors (Lipinski definition) is 4. The number of halogens is 1. The number of nitrogens with one attached hydrogen (secondary N) is 1. The monoisotopic (exact) mass is 360 g/mol. The van der Waals surface area contributed by atoms with Gasteiger partial charge in [-0.25, -0.2) is 0 Å². The zero-order valence-corrected chi connectivity index (χ0v) is 15.0. The normalized spacial score (nSPS) is 16.0. The van der Waals surface area contributed by atoms with Crippen molar-refractivity contribution in [1.82, 2.24) is 5.32 Å². The Morgan fingerprint density at radius 1 is 1.32 bits per heavy atom. The number of likely N-dealkylation sites (N-methyl/N-ethyl adjacent to an activating group) is 1. The highest BCUT2D eigenvalue weighted by atomic mass is 35.5. The van der Waals surface area contributed by atoms with Gasteiger partial charge in [-0.15, -0.1) is 0 Å². The number of hydrogen-bond donors (Lipinski definition) is 1. The smallest absolute Gasteiger partial charge is 0.222 e. The minimum absolute atomic E-state index is 0.0123. The predicted octanol–water partition coefficient (Wildman–Crippen LogP) is 3.25. The number of carbonyl (C=O) groups excluding carboxylic acids is 1. The molecule has 0 saturated carbocycles. The number of amides is 1. The minimum Gasteiger partial charge on any atom is -0.497 e. The van der Waals surface area contributed by atoms with Crippen molar-refractivity contribution in [2.75, 3.05) is 25.7 Å². The van der Waals surface area contributed by atoms with Crippen molar-refractivity contribution in [2.24, 2.45) is 0 Å². The topological polar surface area (TPSA) is 50.8 Å². The van der Waals surface area contributed by atoms with E-state index < -0.39 is 0 Å². The van der Waals surface area contributed by atoms with Gasteiger partial charge in [0.2, 0.25) is 5.91 Å². The van der Waals surface area contributed by atoms with Crippen LogP contribution in [0.3, 0.4) is 0 Å². The maximum absolute atomic E-state index is 12.3. The van der Waals surface area contributed by atoms with Gasteiger partial charge in [0.15, 0.2) is 0 Å². The third-order valence-electron chi connectivity index (χ3n) is 4.35. The molecule has 1 heterocycles. The largest absolute Gasteiger partial charge is 0.497 e. The molecule has 1 N–H and O–H groups in total. The summed E-state index contributed by atoms with van der Waals surface area (Å²) >= 11 is 6.06. The maximum Gasteiger partial charge on any atom is 0.222 e. The molecule has 25 heavy (non-hydrogen) atoms. The fraction of sp³-hybridized carbons (Fsp3) is 0.316. The van der Waals surface area contributed by atoms with Gasteiger partial charge in [-0.3, -0.25) is 4.79 Å². The van der Waals surface area contributed by atoms with Gasteiger partial charge in [0, 0.05) is 18.6 Å². The molecule has 5 nitrogen and oxygen atoms in total. The molecule has 1 atom stereocenters. The van der Waals surface area contributed by atoms with Crippen LogP contribution in [0.5, 0.6) is 11.5 Å². The summed E-state index contributed by atoms with van der Waals surface area (Å²) in [6.07, 6.45) is 0.360. The molecule has 1 amide bonds. The summed E-state index contributed by atoms with van der Waals surface area (Å²) in [7, 11) is 3.59. The van der Waals surface area contributed by atoms with E-state index in [9.17, 15) is 4.79 Å². The van der Waals surface area contributed by atoms with Gasteiger partial charge in [-0.1, -0.05) is 23.7 Å². The van der Waals surface area contributed by atoms with E-state index in [1.165, 1.54) is 0 Å². The number of benzene rings is 2. The average molecular weight is 361 g/mol. The standard InChI is InChI=1S/C19H21ClN2O3/c1-22-15(12-25-18-8-5-14(20)9-17(18)22)10-19(23)21-11-13-3-6-16(24-2)7-4-13/h3-9,15H,10-12H2,1-2H3,(H,21,23). The average Bonchev–Trinajstić information content (AvgIpc) is 2.63. The van der Waals surface area contributed by atoms with Crippen LogP contribution in [-0.2, 0) is 11.3 Å². The molecule has 0 aliphatic carbocycles. The molecule has 0 bridgehead atoms. The van der Waals surface area contributed by atoms with Gasteiger partial charge in [0.25, 0.3) is 0 Å². The Kier molecular flexibility index (Phi) is 5.34. The van der Waals surface area contributed by atoms with Crippen LogP contribution in [0.25, 0.3) is 0 Å². The highest BCUT2D eigenvalue weighted by molar-refractivity contribution is 6.31. The van der Waals surface area contributed by atoms with E-state index in [0.717, 1.165) is 22.7 Å². The fourth-order valence-corrected chi connectivity index (χ4v) is 2.98. The Hall–Kier alpha value is -2.40. The Balaban J connectivity index is 1.56. The molecule has 0 spiro atoms. The molecule has 0 fully saturated rings. The molecular weight excluding hydrogens is 340 g/mol. The fourth-order valence-electron chi connectivity index (χ4n) is 2.81. The summed E-state index contributed by atoms with van der Waals surface area (Å²) in [5, 5.41) is 3.60. The molecule has 1 unspecified atom stereocenters. The van der Waals surface area contributed by atoms with Crippen molar-refractivity contribution < 1.29 is 14.3 Å². The number of methoxy groups -OCH3 is 1. The lowest BCUT2D eigenvalue weighted by atomic mass is 10.1. The van der Waals surface area contributed by atoms with E-state index in [4.69, 9.17) is 21.1 Å². The zero-order valence-electron chi connectivity index (χ0n) is 14.3. The van der Waals surface area contributed by atoms with Crippen LogP contribution in [0.4, 0.5) is 5.69 Å². The molecule has 2 aromatic carbocycles. The van der Waals surface area contributed by atoms with Crippen molar-refractivity contribution in [3.8, 4) is 11.5 Å². The van der Waals surface area contributed by atoms with Crippen molar-refractivity contribution in [3.05, 3.63) is 53.1 Å². The van der Waals surface area contributed by atoms with Gasteiger partial charge in [-0.2, -0.15) is 0 Å². The van der Waals surface area contributed by atoms with Crippen molar-refractivity contribution in [1.29, 1.82) is 0 Å². The summed E-state index contributed by atoms with van der Waals surface area (Å²) in [6.45, 7) is 0.962. The number of ether oxygens (including phenoxy) is 2. The predicted molar refractivity (Wildman–Crippen MR) is 98.6 cm³/mol. The Labute approximate surface area is 152 Å². The summed E-state index contributed by atoms with van der Waals surface area (Å²) in [4.78, 5) is 14.3. The second kappa shape index (κ2) is 7.66. The van der Waals surface area contributed by atoms with Crippen LogP contribution in [-0.4, -0.2) is 32.7 Å². The van der Waals surface area contributed by atoms with Crippen LogP contribution >= 0.6 is 11.6 Å². The lowest BCUT2D eigenvalue weighted by molar-refractivity contribution is -0.121. The van der Waals surface area contributed by atoms with Crippen LogP contribution in [0, 0.1) is 0 Å². The highest BCUT2D eigenvalue weighted by Gasteiger charge is 2.26. The third-order valence-corrected chi connectivity index (χ3v) is 4.58. The van der Waals surface area contributed by atoms with Crippen molar-refractivity contribution in [3.63, 3.8) is 0 Å².